The molecule has 25 heavy (non-hydrogen) atoms. The Morgan fingerprint density at radius 3 is 2.64 bits per heavy atom. The number of rotatable bonds is 6. The molecule has 1 saturated heterocycles. The molecule has 1 aromatic carbocycles. The molecule has 0 bridgehead atoms. The Balaban J connectivity index is 1.59. The van der Waals surface area contributed by atoms with Crippen molar-refractivity contribution in [2.24, 2.45) is 0 Å². The van der Waals surface area contributed by atoms with Gasteiger partial charge in [0, 0.05) is 62.4 Å². The van der Waals surface area contributed by atoms with Crippen molar-refractivity contribution >= 4 is 0 Å². The van der Waals surface area contributed by atoms with E-state index in [1.807, 2.05) is 0 Å². The Kier molecular flexibility index (Phi) is 5.56. The number of hydrogen-bond acceptors (Lipinski definition) is 5. The van der Waals surface area contributed by atoms with E-state index < -0.39 is 0 Å². The zero-order chi connectivity index (χ0) is 18.0. The molecule has 1 atom stereocenters. The van der Waals surface area contributed by atoms with Gasteiger partial charge in [-0.1, -0.05) is 0 Å². The van der Waals surface area contributed by atoms with Crippen LogP contribution < -0.4 is 14.8 Å². The van der Waals surface area contributed by atoms with Gasteiger partial charge in [-0.25, -0.2) is 0 Å². The predicted octanol–water partition coefficient (Wildman–Crippen LogP) is 2.13. The van der Waals surface area contributed by atoms with Gasteiger partial charge in [0.2, 0.25) is 0 Å². The van der Waals surface area contributed by atoms with Crippen molar-refractivity contribution in [1.29, 1.82) is 0 Å². The van der Waals surface area contributed by atoms with Crippen molar-refractivity contribution in [1.82, 2.24) is 15.1 Å². The molecular formula is C20H33N3O2. The number of fused-ring (bicyclic) bond motifs is 1. The first-order valence-electron chi connectivity index (χ1n) is 9.40. The minimum absolute atomic E-state index is 0.149. The van der Waals surface area contributed by atoms with E-state index in [4.69, 9.17) is 9.47 Å². The zero-order valence-corrected chi connectivity index (χ0v) is 16.4. The fraction of sp³-hybridized carbons (Fsp3) is 0.700. The summed E-state index contributed by atoms with van der Waals surface area (Å²) in [5, 5.41) is 3.64. The van der Waals surface area contributed by atoms with Gasteiger partial charge in [-0.05, 0) is 40.0 Å². The van der Waals surface area contributed by atoms with E-state index in [9.17, 15) is 0 Å². The number of hydrogen-bond donors (Lipinski definition) is 1. The lowest BCUT2D eigenvalue weighted by molar-refractivity contribution is 0.0617. The summed E-state index contributed by atoms with van der Waals surface area (Å²) < 4.78 is 11.5. The molecule has 2 aliphatic heterocycles. The minimum Gasteiger partial charge on any atom is -0.496 e. The quantitative estimate of drug-likeness (QED) is 0.853. The molecule has 140 valence electrons. The van der Waals surface area contributed by atoms with Crippen LogP contribution >= 0.6 is 0 Å². The first-order valence-corrected chi connectivity index (χ1v) is 9.40. The molecule has 0 spiro atoms. The van der Waals surface area contributed by atoms with Gasteiger partial charge in [-0.15, -0.1) is 0 Å². The summed E-state index contributed by atoms with van der Waals surface area (Å²) in [6.45, 7) is 13.1. The van der Waals surface area contributed by atoms with Gasteiger partial charge in [0.15, 0.2) is 0 Å². The van der Waals surface area contributed by atoms with E-state index in [-0.39, 0.29) is 11.6 Å². The van der Waals surface area contributed by atoms with Crippen LogP contribution in [0.25, 0.3) is 0 Å². The third-order valence-corrected chi connectivity index (χ3v) is 5.53. The molecule has 2 heterocycles. The largest absolute Gasteiger partial charge is 0.496 e. The van der Waals surface area contributed by atoms with Crippen LogP contribution in [0.4, 0.5) is 0 Å². The molecule has 1 fully saturated rings. The molecule has 0 unspecified atom stereocenters. The Labute approximate surface area is 152 Å². The van der Waals surface area contributed by atoms with E-state index in [0.29, 0.717) is 0 Å². The van der Waals surface area contributed by atoms with Gasteiger partial charge in [-0.2, -0.15) is 0 Å². The fourth-order valence-electron chi connectivity index (χ4n) is 3.84. The average Bonchev–Trinajstić information content (AvgIpc) is 2.93. The summed E-state index contributed by atoms with van der Waals surface area (Å²) >= 11 is 0. The van der Waals surface area contributed by atoms with E-state index in [1.165, 1.54) is 11.1 Å². The number of ether oxygens (including phenoxy) is 2. The molecule has 1 aromatic rings. The van der Waals surface area contributed by atoms with Crippen LogP contribution in [0.5, 0.6) is 11.5 Å². The van der Waals surface area contributed by atoms with Crippen molar-refractivity contribution in [2.75, 3.05) is 46.9 Å². The highest BCUT2D eigenvalue weighted by molar-refractivity contribution is 5.48. The highest BCUT2D eigenvalue weighted by Gasteiger charge is 2.29. The lowest BCUT2D eigenvalue weighted by atomic mass is 10.0. The predicted molar refractivity (Wildman–Crippen MR) is 102 cm³/mol. The fourth-order valence-corrected chi connectivity index (χ4v) is 3.84. The zero-order valence-electron chi connectivity index (χ0n) is 16.4. The second-order valence-corrected chi connectivity index (χ2v) is 8.11. The van der Waals surface area contributed by atoms with Crippen LogP contribution in [-0.4, -0.2) is 68.3 Å². The molecule has 0 amide bonds. The van der Waals surface area contributed by atoms with Gasteiger partial charge in [-0.3, -0.25) is 4.90 Å². The smallest absolute Gasteiger partial charge is 0.123 e. The van der Waals surface area contributed by atoms with Gasteiger partial charge in [0.25, 0.3) is 0 Å². The molecule has 0 saturated carbocycles. The average molecular weight is 348 g/mol. The maximum absolute atomic E-state index is 5.90. The first-order chi connectivity index (χ1) is 11.9. The molecule has 0 aromatic heterocycles. The van der Waals surface area contributed by atoms with E-state index in [0.717, 1.165) is 57.2 Å². The SMILES string of the molecule is COc1cc2c(cc1CNCC(C)(C)N1CCN(C)CC1)O[C@H](C)C2. The van der Waals surface area contributed by atoms with Crippen molar-refractivity contribution in [3.05, 3.63) is 23.3 Å². The minimum atomic E-state index is 0.149. The van der Waals surface area contributed by atoms with Crippen molar-refractivity contribution in [3.63, 3.8) is 0 Å². The van der Waals surface area contributed by atoms with Crippen LogP contribution in [0, 0.1) is 0 Å². The number of likely N-dealkylation sites (N-methyl/N-ethyl adjacent to an activating group) is 1. The Morgan fingerprint density at radius 2 is 1.96 bits per heavy atom. The number of nitrogens with one attached hydrogen (secondary N) is 1. The maximum atomic E-state index is 5.90. The van der Waals surface area contributed by atoms with Crippen molar-refractivity contribution in [3.8, 4) is 11.5 Å². The number of methoxy groups -OCH3 is 1. The molecule has 0 radical (unpaired) electrons. The lowest BCUT2D eigenvalue weighted by Gasteiger charge is -2.43. The van der Waals surface area contributed by atoms with Crippen LogP contribution in [0.15, 0.2) is 12.1 Å². The maximum Gasteiger partial charge on any atom is 0.123 e. The topological polar surface area (TPSA) is 37.0 Å². The summed E-state index contributed by atoms with van der Waals surface area (Å²) in [5.74, 6) is 1.98. The summed E-state index contributed by atoms with van der Waals surface area (Å²) in [7, 11) is 3.95. The molecule has 5 nitrogen and oxygen atoms in total. The normalized spacial score (nSPS) is 21.9. The van der Waals surface area contributed by atoms with E-state index in [2.05, 4.69) is 55.1 Å². The second-order valence-electron chi connectivity index (χ2n) is 8.11. The van der Waals surface area contributed by atoms with Crippen LogP contribution in [0.1, 0.15) is 31.9 Å². The summed E-state index contributed by atoms with van der Waals surface area (Å²) in [5.41, 5.74) is 2.58. The molecule has 2 aliphatic rings. The number of nitrogens with zero attached hydrogens (tertiary/aromatic N) is 2. The highest BCUT2D eigenvalue weighted by atomic mass is 16.5. The van der Waals surface area contributed by atoms with Gasteiger partial charge < -0.3 is 19.7 Å². The molecule has 1 N–H and O–H groups in total. The molecule has 0 aliphatic carbocycles. The van der Waals surface area contributed by atoms with Gasteiger partial charge in [0.1, 0.15) is 17.6 Å². The van der Waals surface area contributed by atoms with Crippen LogP contribution in [0.3, 0.4) is 0 Å². The van der Waals surface area contributed by atoms with Crippen LogP contribution in [0.2, 0.25) is 0 Å². The summed E-state index contributed by atoms with van der Waals surface area (Å²) in [6, 6.07) is 4.29. The Bertz CT molecular complexity index is 595. The van der Waals surface area contributed by atoms with E-state index >= 15 is 0 Å². The molecule has 3 rings (SSSR count). The second kappa shape index (κ2) is 7.52. The van der Waals surface area contributed by atoms with Crippen molar-refractivity contribution in [2.45, 2.75) is 45.4 Å². The summed E-state index contributed by atoms with van der Waals surface area (Å²) in [6.07, 6.45) is 1.23. The Hall–Kier alpha value is -1.30. The molecule has 5 heteroatoms. The summed E-state index contributed by atoms with van der Waals surface area (Å²) in [4.78, 5) is 4.99. The number of piperazine rings is 1. The van der Waals surface area contributed by atoms with Crippen molar-refractivity contribution < 1.29 is 9.47 Å². The van der Waals surface area contributed by atoms with Crippen LogP contribution in [-0.2, 0) is 13.0 Å². The highest BCUT2D eigenvalue weighted by Crippen LogP contribution is 2.35. The standard InChI is InChI=1S/C20H33N3O2/c1-15-10-16-11-18(24-5)17(12-19(16)25-15)13-21-14-20(2,3)23-8-6-22(4)7-9-23/h11-12,15,21H,6-10,13-14H2,1-5H3/t15-/m1/s1. The monoisotopic (exact) mass is 347 g/mol. The Morgan fingerprint density at radius 1 is 1.24 bits per heavy atom. The third-order valence-electron chi connectivity index (χ3n) is 5.53. The number of benzene rings is 1. The molecular weight excluding hydrogens is 314 g/mol. The first kappa shape index (κ1) is 18.5. The van der Waals surface area contributed by atoms with E-state index in [1.54, 1.807) is 7.11 Å². The lowest BCUT2D eigenvalue weighted by Crippen LogP contribution is -2.57. The third kappa shape index (κ3) is 4.27. The van der Waals surface area contributed by atoms with Gasteiger partial charge in [0.05, 0.1) is 7.11 Å². The van der Waals surface area contributed by atoms with Gasteiger partial charge >= 0.3 is 0 Å².